The molecule has 7 nitrogen and oxygen atoms in total. The highest BCUT2D eigenvalue weighted by Crippen LogP contribution is 2.30. The van der Waals surface area contributed by atoms with E-state index in [-0.39, 0.29) is 11.4 Å². The van der Waals surface area contributed by atoms with Crippen LogP contribution in [0.15, 0.2) is 18.2 Å². The summed E-state index contributed by atoms with van der Waals surface area (Å²) in [5.74, 6) is 0. The molecule has 17 heavy (non-hydrogen) atoms. The van der Waals surface area contributed by atoms with Crippen LogP contribution in [0.5, 0.6) is 0 Å². The van der Waals surface area contributed by atoms with Crippen LogP contribution in [0.4, 0.5) is 17.1 Å². The zero-order chi connectivity index (χ0) is 12.4. The largest absolute Gasteiger partial charge is 0.371 e. The Morgan fingerprint density at radius 3 is 1.82 bits per heavy atom. The normalized spacial score (nSPS) is 14.9. The van der Waals surface area contributed by atoms with Crippen LogP contribution >= 0.6 is 0 Å². The molecule has 0 aliphatic carbocycles. The van der Waals surface area contributed by atoms with Gasteiger partial charge < -0.3 is 4.90 Å². The minimum atomic E-state index is -0.605. The second-order valence-electron chi connectivity index (χ2n) is 3.92. The molecule has 0 saturated carbocycles. The number of rotatable bonds is 3. The van der Waals surface area contributed by atoms with Crippen LogP contribution in [0, 0.1) is 20.2 Å². The topological polar surface area (TPSA) is 89.5 Å². The summed E-state index contributed by atoms with van der Waals surface area (Å²) in [6.45, 7) is 1.58. The standard InChI is InChI=1S/C10H11N3O4/c14-12(15)9-5-8(11-3-1-2-4-11)6-10(7-9)13(16)17/h5-7H,1-4H2. The number of nitro groups is 2. The number of hydrogen-bond acceptors (Lipinski definition) is 5. The number of nitrogens with zero attached hydrogens (tertiary/aromatic N) is 3. The van der Waals surface area contributed by atoms with Crippen molar-refractivity contribution in [1.29, 1.82) is 0 Å². The van der Waals surface area contributed by atoms with Gasteiger partial charge in [0.25, 0.3) is 11.4 Å². The van der Waals surface area contributed by atoms with Gasteiger partial charge in [0.1, 0.15) is 0 Å². The lowest BCUT2D eigenvalue weighted by Gasteiger charge is -2.16. The van der Waals surface area contributed by atoms with Crippen molar-refractivity contribution in [3.05, 3.63) is 38.4 Å². The van der Waals surface area contributed by atoms with E-state index in [1.165, 1.54) is 12.1 Å². The van der Waals surface area contributed by atoms with Crippen LogP contribution in [-0.4, -0.2) is 22.9 Å². The van der Waals surface area contributed by atoms with E-state index >= 15 is 0 Å². The second-order valence-corrected chi connectivity index (χ2v) is 3.92. The van der Waals surface area contributed by atoms with Crippen molar-refractivity contribution >= 4 is 17.1 Å². The third-order valence-corrected chi connectivity index (χ3v) is 2.78. The minimum absolute atomic E-state index is 0.235. The van der Waals surface area contributed by atoms with Crippen LogP contribution in [0.3, 0.4) is 0 Å². The summed E-state index contributed by atoms with van der Waals surface area (Å²) in [6.07, 6.45) is 2.02. The highest BCUT2D eigenvalue weighted by molar-refractivity contribution is 5.60. The van der Waals surface area contributed by atoms with Gasteiger partial charge in [-0.05, 0) is 12.8 Å². The second kappa shape index (κ2) is 4.36. The maximum atomic E-state index is 10.7. The number of anilines is 1. The minimum Gasteiger partial charge on any atom is -0.371 e. The van der Waals surface area contributed by atoms with Crippen molar-refractivity contribution in [3.8, 4) is 0 Å². The molecule has 0 N–H and O–H groups in total. The first kappa shape index (κ1) is 11.3. The fraction of sp³-hybridized carbons (Fsp3) is 0.400. The molecular formula is C10H11N3O4. The molecule has 0 unspecified atom stereocenters. The van der Waals surface area contributed by atoms with E-state index < -0.39 is 9.85 Å². The third kappa shape index (κ3) is 2.32. The Morgan fingerprint density at radius 2 is 1.41 bits per heavy atom. The van der Waals surface area contributed by atoms with E-state index in [4.69, 9.17) is 0 Å². The van der Waals surface area contributed by atoms with Gasteiger partial charge in [-0.3, -0.25) is 20.2 Å². The molecule has 0 radical (unpaired) electrons. The van der Waals surface area contributed by atoms with Gasteiger partial charge in [-0.2, -0.15) is 0 Å². The Bertz CT molecular complexity index is 436. The number of hydrogen-bond donors (Lipinski definition) is 0. The molecule has 1 aliphatic rings. The maximum Gasteiger partial charge on any atom is 0.278 e. The molecule has 2 rings (SSSR count). The smallest absolute Gasteiger partial charge is 0.278 e. The average Bonchev–Trinajstić information content (AvgIpc) is 2.81. The van der Waals surface area contributed by atoms with Gasteiger partial charge in [0.15, 0.2) is 0 Å². The zero-order valence-electron chi connectivity index (χ0n) is 9.04. The van der Waals surface area contributed by atoms with Gasteiger partial charge in [0.05, 0.1) is 21.6 Å². The maximum absolute atomic E-state index is 10.7. The van der Waals surface area contributed by atoms with Gasteiger partial charge in [-0.15, -0.1) is 0 Å². The molecule has 90 valence electrons. The molecule has 0 aromatic heterocycles. The molecule has 1 saturated heterocycles. The first-order chi connectivity index (χ1) is 8.08. The molecular weight excluding hydrogens is 226 g/mol. The van der Waals surface area contributed by atoms with Gasteiger partial charge in [-0.1, -0.05) is 0 Å². The molecule has 1 aliphatic heterocycles. The van der Waals surface area contributed by atoms with Crippen molar-refractivity contribution in [2.24, 2.45) is 0 Å². The highest BCUT2D eigenvalue weighted by Gasteiger charge is 2.20. The monoisotopic (exact) mass is 237 g/mol. The van der Waals surface area contributed by atoms with E-state index in [9.17, 15) is 20.2 Å². The van der Waals surface area contributed by atoms with E-state index in [1.54, 1.807) is 0 Å². The lowest BCUT2D eigenvalue weighted by molar-refractivity contribution is -0.394. The van der Waals surface area contributed by atoms with Crippen LogP contribution in [0.1, 0.15) is 12.8 Å². The van der Waals surface area contributed by atoms with Crippen molar-refractivity contribution in [3.63, 3.8) is 0 Å². The molecule has 1 aromatic carbocycles. The molecule has 1 heterocycles. The van der Waals surface area contributed by atoms with Crippen molar-refractivity contribution in [2.75, 3.05) is 18.0 Å². The molecule has 0 bridgehead atoms. The van der Waals surface area contributed by atoms with Gasteiger partial charge in [0, 0.05) is 25.2 Å². The highest BCUT2D eigenvalue weighted by atomic mass is 16.6. The summed E-state index contributed by atoms with van der Waals surface area (Å²) in [6, 6.07) is 3.76. The van der Waals surface area contributed by atoms with Gasteiger partial charge in [-0.25, -0.2) is 0 Å². The number of non-ortho nitro benzene ring substituents is 2. The summed E-state index contributed by atoms with van der Waals surface area (Å²) in [7, 11) is 0. The molecule has 7 heteroatoms. The Balaban J connectivity index is 2.43. The van der Waals surface area contributed by atoms with E-state index in [0.717, 1.165) is 32.0 Å². The van der Waals surface area contributed by atoms with Gasteiger partial charge in [0.2, 0.25) is 0 Å². The van der Waals surface area contributed by atoms with E-state index in [0.29, 0.717) is 5.69 Å². The van der Waals surface area contributed by atoms with Crippen LogP contribution in [0.25, 0.3) is 0 Å². The first-order valence-corrected chi connectivity index (χ1v) is 5.27. The summed E-state index contributed by atoms with van der Waals surface area (Å²) in [5.41, 5.74) is 0.0885. The van der Waals surface area contributed by atoms with Crippen LogP contribution in [0.2, 0.25) is 0 Å². The molecule has 0 atom stereocenters. The summed E-state index contributed by atoms with van der Waals surface area (Å²) >= 11 is 0. The molecule has 1 fully saturated rings. The Labute approximate surface area is 97.0 Å². The fourth-order valence-corrected chi connectivity index (χ4v) is 1.95. The zero-order valence-corrected chi connectivity index (χ0v) is 9.04. The lowest BCUT2D eigenvalue weighted by Crippen LogP contribution is -2.17. The predicted molar refractivity (Wildman–Crippen MR) is 61.2 cm³/mol. The predicted octanol–water partition coefficient (Wildman–Crippen LogP) is 2.10. The summed E-state index contributed by atoms with van der Waals surface area (Å²) < 4.78 is 0. The fourth-order valence-electron chi connectivity index (χ4n) is 1.95. The summed E-state index contributed by atoms with van der Waals surface area (Å²) in [4.78, 5) is 22.1. The van der Waals surface area contributed by atoms with E-state index in [1.807, 2.05) is 4.90 Å². The molecule has 1 aromatic rings. The summed E-state index contributed by atoms with van der Waals surface area (Å²) in [5, 5.41) is 21.4. The molecule has 0 amide bonds. The third-order valence-electron chi connectivity index (χ3n) is 2.78. The van der Waals surface area contributed by atoms with Crippen molar-refractivity contribution < 1.29 is 9.85 Å². The van der Waals surface area contributed by atoms with Crippen molar-refractivity contribution in [1.82, 2.24) is 0 Å². The Hall–Kier alpha value is -2.18. The number of nitro benzene ring substituents is 2. The Morgan fingerprint density at radius 1 is 0.941 bits per heavy atom. The van der Waals surface area contributed by atoms with E-state index in [2.05, 4.69) is 0 Å². The van der Waals surface area contributed by atoms with Crippen molar-refractivity contribution in [2.45, 2.75) is 12.8 Å². The first-order valence-electron chi connectivity index (χ1n) is 5.27. The van der Waals surface area contributed by atoms with Crippen LogP contribution < -0.4 is 4.90 Å². The quantitative estimate of drug-likeness (QED) is 0.593. The molecule has 0 spiro atoms. The SMILES string of the molecule is O=[N+]([O-])c1cc(N2CCCC2)cc([N+](=O)[O-])c1. The average molecular weight is 237 g/mol. The lowest BCUT2D eigenvalue weighted by atomic mass is 10.2. The number of benzene rings is 1. The van der Waals surface area contributed by atoms with Gasteiger partial charge >= 0.3 is 0 Å². The Kier molecular flexibility index (Phi) is 2.90. The van der Waals surface area contributed by atoms with Crippen LogP contribution in [-0.2, 0) is 0 Å².